The van der Waals surface area contributed by atoms with Gasteiger partial charge in [-0.1, -0.05) is 30.3 Å². The largest absolute Gasteiger partial charge is 0.379 e. The van der Waals surface area contributed by atoms with E-state index < -0.39 is 0 Å². The number of rotatable bonds is 6. The Morgan fingerprint density at radius 2 is 1.90 bits per heavy atom. The number of hydrogen-bond donors (Lipinski definition) is 1. The van der Waals surface area contributed by atoms with Crippen molar-refractivity contribution in [1.82, 2.24) is 10.2 Å². The van der Waals surface area contributed by atoms with E-state index in [0.29, 0.717) is 19.8 Å². The summed E-state index contributed by atoms with van der Waals surface area (Å²) < 4.78 is 18.9. The molecule has 0 spiro atoms. The molecular formula is C23H28FN3O2. The second-order valence-electron chi connectivity index (χ2n) is 7.79. The Labute approximate surface area is 171 Å². The summed E-state index contributed by atoms with van der Waals surface area (Å²) in [5.41, 5.74) is 3.30. The topological polar surface area (TPSA) is 44.8 Å². The lowest BCUT2D eigenvalue weighted by Crippen LogP contribution is -2.46. The average molecular weight is 397 g/mol. The maximum atomic E-state index is 13.4. The van der Waals surface area contributed by atoms with Crippen LogP contribution in [0.4, 0.5) is 10.1 Å². The zero-order chi connectivity index (χ0) is 20.2. The number of nitrogens with one attached hydrogen (secondary N) is 1. The van der Waals surface area contributed by atoms with Gasteiger partial charge in [0.05, 0.1) is 19.8 Å². The van der Waals surface area contributed by atoms with Crippen LogP contribution in [0.3, 0.4) is 0 Å². The van der Waals surface area contributed by atoms with Gasteiger partial charge in [-0.3, -0.25) is 9.69 Å². The van der Waals surface area contributed by atoms with Crippen molar-refractivity contribution < 1.29 is 13.9 Å². The molecule has 0 bridgehead atoms. The monoisotopic (exact) mass is 397 g/mol. The van der Waals surface area contributed by atoms with Crippen molar-refractivity contribution in [3.05, 3.63) is 65.5 Å². The Kier molecular flexibility index (Phi) is 6.23. The fraction of sp³-hybridized carbons (Fsp3) is 0.435. The van der Waals surface area contributed by atoms with Gasteiger partial charge in [0.25, 0.3) is 0 Å². The molecule has 29 heavy (non-hydrogen) atoms. The third-order valence-corrected chi connectivity index (χ3v) is 5.83. The van der Waals surface area contributed by atoms with Gasteiger partial charge in [0.15, 0.2) is 0 Å². The molecule has 0 saturated carbocycles. The highest BCUT2D eigenvalue weighted by atomic mass is 19.1. The molecule has 2 aliphatic heterocycles. The molecule has 1 amide bonds. The van der Waals surface area contributed by atoms with Gasteiger partial charge in [-0.25, -0.2) is 4.39 Å². The molecule has 154 valence electrons. The van der Waals surface area contributed by atoms with Gasteiger partial charge in [-0.15, -0.1) is 0 Å². The number of carbonyl (C=O) groups is 1. The summed E-state index contributed by atoms with van der Waals surface area (Å²) in [6.45, 7) is 6.04. The lowest BCUT2D eigenvalue weighted by Gasteiger charge is -2.35. The molecule has 0 radical (unpaired) electrons. The molecule has 0 aliphatic carbocycles. The van der Waals surface area contributed by atoms with Crippen LogP contribution >= 0.6 is 0 Å². The van der Waals surface area contributed by atoms with Crippen LogP contribution in [0.25, 0.3) is 0 Å². The number of para-hydroxylation sites is 1. The van der Waals surface area contributed by atoms with Crippen molar-refractivity contribution in [2.45, 2.75) is 25.4 Å². The van der Waals surface area contributed by atoms with Crippen molar-refractivity contribution in [2.75, 3.05) is 44.3 Å². The minimum absolute atomic E-state index is 0.0792. The van der Waals surface area contributed by atoms with Crippen LogP contribution in [0, 0.1) is 5.82 Å². The van der Waals surface area contributed by atoms with E-state index >= 15 is 0 Å². The van der Waals surface area contributed by atoms with Crippen LogP contribution in [0.5, 0.6) is 0 Å². The highest BCUT2D eigenvalue weighted by Crippen LogP contribution is 2.31. The van der Waals surface area contributed by atoms with Crippen LogP contribution in [0.1, 0.15) is 24.1 Å². The SMILES string of the molecule is C[C@H]1Cc2ccccc2N1C(=O)CNC[C@H](c1ccc(F)cc1)N1CCOCC1. The molecule has 1 fully saturated rings. The smallest absolute Gasteiger partial charge is 0.241 e. The van der Waals surface area contributed by atoms with E-state index in [0.717, 1.165) is 30.8 Å². The Hall–Kier alpha value is -2.28. The molecule has 2 heterocycles. The zero-order valence-electron chi connectivity index (χ0n) is 16.8. The molecule has 1 saturated heterocycles. The van der Waals surface area contributed by atoms with Gasteiger partial charge in [-0.05, 0) is 42.7 Å². The number of anilines is 1. The maximum Gasteiger partial charge on any atom is 0.241 e. The number of morpholine rings is 1. The molecule has 1 N–H and O–H groups in total. The predicted octanol–water partition coefficient (Wildman–Crippen LogP) is 2.77. The number of fused-ring (bicyclic) bond motifs is 1. The van der Waals surface area contributed by atoms with Gasteiger partial charge >= 0.3 is 0 Å². The normalized spacial score (nSPS) is 20.5. The number of amides is 1. The van der Waals surface area contributed by atoms with Crippen LogP contribution in [0.2, 0.25) is 0 Å². The quantitative estimate of drug-likeness (QED) is 0.814. The second kappa shape index (κ2) is 9.03. The average Bonchev–Trinajstić information content (AvgIpc) is 3.08. The molecule has 0 unspecified atom stereocenters. The Balaban J connectivity index is 1.41. The molecule has 5 nitrogen and oxygen atoms in total. The minimum atomic E-state index is -0.237. The molecule has 2 aromatic rings. The van der Waals surface area contributed by atoms with E-state index in [1.54, 1.807) is 0 Å². The first-order valence-electron chi connectivity index (χ1n) is 10.3. The molecule has 2 aliphatic rings. The fourth-order valence-electron chi connectivity index (χ4n) is 4.38. The number of ether oxygens (including phenoxy) is 1. The van der Waals surface area contributed by atoms with Gasteiger partial charge in [0, 0.05) is 37.4 Å². The van der Waals surface area contributed by atoms with Crippen molar-refractivity contribution in [3.63, 3.8) is 0 Å². The van der Waals surface area contributed by atoms with E-state index in [-0.39, 0.29) is 30.4 Å². The molecule has 6 heteroatoms. The maximum absolute atomic E-state index is 13.4. The first-order valence-corrected chi connectivity index (χ1v) is 10.3. The highest BCUT2D eigenvalue weighted by molar-refractivity contribution is 5.97. The number of carbonyl (C=O) groups excluding carboxylic acids is 1. The first kappa shape index (κ1) is 20.0. The number of halogens is 1. The third kappa shape index (κ3) is 4.50. The Morgan fingerprint density at radius 3 is 2.66 bits per heavy atom. The van der Waals surface area contributed by atoms with Gasteiger partial charge in [0.1, 0.15) is 5.82 Å². The van der Waals surface area contributed by atoms with E-state index in [1.807, 2.05) is 35.2 Å². The van der Waals surface area contributed by atoms with E-state index in [2.05, 4.69) is 23.2 Å². The Bertz CT molecular complexity index is 836. The third-order valence-electron chi connectivity index (χ3n) is 5.83. The lowest BCUT2D eigenvalue weighted by molar-refractivity contribution is -0.118. The molecule has 2 atom stereocenters. The molecule has 2 aromatic carbocycles. The van der Waals surface area contributed by atoms with Crippen molar-refractivity contribution in [1.29, 1.82) is 0 Å². The summed E-state index contributed by atoms with van der Waals surface area (Å²) in [7, 11) is 0. The minimum Gasteiger partial charge on any atom is -0.379 e. The summed E-state index contributed by atoms with van der Waals surface area (Å²) in [5, 5.41) is 3.36. The molecule has 0 aromatic heterocycles. The fourth-order valence-corrected chi connectivity index (χ4v) is 4.38. The number of benzene rings is 2. The Morgan fingerprint density at radius 1 is 1.17 bits per heavy atom. The van der Waals surface area contributed by atoms with Crippen molar-refractivity contribution in [2.24, 2.45) is 0 Å². The van der Waals surface area contributed by atoms with Crippen molar-refractivity contribution >= 4 is 11.6 Å². The predicted molar refractivity (Wildman–Crippen MR) is 111 cm³/mol. The summed E-state index contributed by atoms with van der Waals surface area (Å²) >= 11 is 0. The standard InChI is InChI=1S/C23H28FN3O2/c1-17-14-19-4-2-3-5-21(19)27(17)23(28)16-25-15-22(26-10-12-29-13-11-26)18-6-8-20(24)9-7-18/h2-9,17,22,25H,10-16H2,1H3/t17-,22+/m0/s1. The van der Waals surface area contributed by atoms with E-state index in [4.69, 9.17) is 4.74 Å². The lowest BCUT2D eigenvalue weighted by atomic mass is 10.0. The summed E-state index contributed by atoms with van der Waals surface area (Å²) in [6, 6.07) is 15.0. The molecular weight excluding hydrogens is 369 g/mol. The zero-order valence-corrected chi connectivity index (χ0v) is 16.8. The van der Waals surface area contributed by atoms with Crippen LogP contribution in [-0.2, 0) is 16.0 Å². The van der Waals surface area contributed by atoms with Gasteiger partial charge in [-0.2, -0.15) is 0 Å². The summed E-state index contributed by atoms with van der Waals surface area (Å²) in [5.74, 6) is -0.151. The van der Waals surface area contributed by atoms with Gasteiger partial charge < -0.3 is 15.0 Å². The number of hydrogen-bond acceptors (Lipinski definition) is 4. The second-order valence-corrected chi connectivity index (χ2v) is 7.79. The van der Waals surface area contributed by atoms with E-state index in [1.165, 1.54) is 17.7 Å². The highest BCUT2D eigenvalue weighted by Gasteiger charge is 2.30. The van der Waals surface area contributed by atoms with E-state index in [9.17, 15) is 9.18 Å². The summed E-state index contributed by atoms with van der Waals surface area (Å²) in [6.07, 6.45) is 0.897. The van der Waals surface area contributed by atoms with Crippen LogP contribution < -0.4 is 10.2 Å². The first-order chi connectivity index (χ1) is 14.1. The number of nitrogens with zero attached hydrogens (tertiary/aromatic N) is 2. The molecule has 4 rings (SSSR count). The van der Waals surface area contributed by atoms with Gasteiger partial charge in [0.2, 0.25) is 5.91 Å². The van der Waals surface area contributed by atoms with Crippen LogP contribution in [0.15, 0.2) is 48.5 Å². The summed E-state index contributed by atoms with van der Waals surface area (Å²) in [4.78, 5) is 17.2. The van der Waals surface area contributed by atoms with Crippen molar-refractivity contribution in [3.8, 4) is 0 Å². The van der Waals surface area contributed by atoms with Crippen LogP contribution in [-0.4, -0.2) is 56.2 Å².